The van der Waals surface area contributed by atoms with E-state index in [2.05, 4.69) is 27.8 Å². The van der Waals surface area contributed by atoms with E-state index >= 15 is 0 Å². The van der Waals surface area contributed by atoms with Crippen molar-refractivity contribution in [3.8, 4) is 11.8 Å². The topological polar surface area (TPSA) is 0 Å². The molecule has 0 aliphatic heterocycles. The minimum Gasteiger partial charge on any atom is -0.171 e. The third-order valence-electron chi connectivity index (χ3n) is 2.13. The molecule has 0 amide bonds. The van der Waals surface area contributed by atoms with Crippen LogP contribution < -0.4 is 0 Å². The van der Waals surface area contributed by atoms with Crippen molar-refractivity contribution in [1.29, 1.82) is 0 Å². The van der Waals surface area contributed by atoms with Crippen LogP contribution in [0.3, 0.4) is 0 Å². The molecule has 0 aliphatic carbocycles. The zero-order chi connectivity index (χ0) is 12.7. The summed E-state index contributed by atoms with van der Waals surface area (Å²) in [5, 5.41) is 0.525. The summed E-state index contributed by atoms with van der Waals surface area (Å²) in [5.74, 6) is 4.83. The van der Waals surface area contributed by atoms with Gasteiger partial charge in [-0.1, -0.05) is 46.0 Å². The van der Waals surface area contributed by atoms with Gasteiger partial charge in [-0.2, -0.15) is 13.2 Å². The first-order valence-electron chi connectivity index (χ1n) is 5.20. The number of hydrogen-bond donors (Lipinski definition) is 0. The molecule has 1 aromatic carbocycles. The van der Waals surface area contributed by atoms with E-state index < -0.39 is 18.5 Å². The van der Waals surface area contributed by atoms with Crippen LogP contribution in [-0.4, -0.2) is 11.5 Å². The SMILES string of the molecule is FC(F)(F)CC(C#Cc1ccccc1)CCBr. The van der Waals surface area contributed by atoms with E-state index in [9.17, 15) is 13.2 Å². The van der Waals surface area contributed by atoms with Crippen molar-refractivity contribution in [2.45, 2.75) is 19.0 Å². The molecule has 0 nitrogen and oxygen atoms in total. The van der Waals surface area contributed by atoms with Gasteiger partial charge in [0.1, 0.15) is 0 Å². The van der Waals surface area contributed by atoms with Crippen LogP contribution in [0.1, 0.15) is 18.4 Å². The fourth-order valence-corrected chi connectivity index (χ4v) is 1.90. The predicted molar refractivity (Wildman–Crippen MR) is 65.9 cm³/mol. The summed E-state index contributed by atoms with van der Waals surface area (Å²) in [6.07, 6.45) is -4.60. The summed E-state index contributed by atoms with van der Waals surface area (Å²) >= 11 is 3.15. The van der Waals surface area contributed by atoms with E-state index in [1.807, 2.05) is 18.2 Å². The third kappa shape index (κ3) is 6.38. The van der Waals surface area contributed by atoms with Crippen molar-refractivity contribution in [3.05, 3.63) is 35.9 Å². The summed E-state index contributed by atoms with van der Waals surface area (Å²) in [7, 11) is 0. The molecule has 92 valence electrons. The number of hydrogen-bond acceptors (Lipinski definition) is 0. The fraction of sp³-hybridized carbons (Fsp3) is 0.385. The van der Waals surface area contributed by atoms with Gasteiger partial charge >= 0.3 is 6.18 Å². The summed E-state index contributed by atoms with van der Waals surface area (Å²) in [6, 6.07) is 9.04. The molecule has 0 bridgehead atoms. The highest BCUT2D eigenvalue weighted by atomic mass is 79.9. The van der Waals surface area contributed by atoms with Crippen molar-refractivity contribution in [2.24, 2.45) is 5.92 Å². The van der Waals surface area contributed by atoms with Gasteiger partial charge in [-0.3, -0.25) is 0 Å². The van der Waals surface area contributed by atoms with Crippen LogP contribution in [0.4, 0.5) is 13.2 Å². The predicted octanol–water partition coefficient (Wildman–Crippen LogP) is 4.39. The molecule has 17 heavy (non-hydrogen) atoms. The number of alkyl halides is 4. The second-order valence-corrected chi connectivity index (χ2v) is 4.42. The molecule has 4 heteroatoms. The molecule has 0 radical (unpaired) electrons. The maximum absolute atomic E-state index is 12.3. The van der Waals surface area contributed by atoms with Gasteiger partial charge in [-0.25, -0.2) is 0 Å². The second-order valence-electron chi connectivity index (χ2n) is 3.63. The molecule has 0 N–H and O–H groups in total. The lowest BCUT2D eigenvalue weighted by Crippen LogP contribution is -2.14. The fourth-order valence-electron chi connectivity index (χ4n) is 1.34. The van der Waals surface area contributed by atoms with Crippen molar-refractivity contribution >= 4 is 15.9 Å². The molecule has 0 spiro atoms. The first-order valence-corrected chi connectivity index (χ1v) is 6.33. The normalized spacial score (nSPS) is 12.7. The monoisotopic (exact) mass is 304 g/mol. The molecule has 0 aliphatic rings. The van der Waals surface area contributed by atoms with Gasteiger partial charge in [0.25, 0.3) is 0 Å². The minimum absolute atomic E-state index is 0.402. The Balaban J connectivity index is 2.70. The Morgan fingerprint density at radius 1 is 1.18 bits per heavy atom. The molecular weight excluding hydrogens is 293 g/mol. The van der Waals surface area contributed by atoms with Crippen molar-refractivity contribution in [3.63, 3.8) is 0 Å². The van der Waals surface area contributed by atoms with Gasteiger partial charge in [0.05, 0.1) is 6.42 Å². The van der Waals surface area contributed by atoms with E-state index in [4.69, 9.17) is 0 Å². The van der Waals surface area contributed by atoms with Crippen molar-refractivity contribution < 1.29 is 13.2 Å². The van der Waals surface area contributed by atoms with Gasteiger partial charge in [0, 0.05) is 16.8 Å². The number of benzene rings is 1. The molecule has 0 saturated carbocycles. The summed E-state index contributed by atoms with van der Waals surface area (Å²) in [4.78, 5) is 0. The lowest BCUT2D eigenvalue weighted by molar-refractivity contribution is -0.140. The summed E-state index contributed by atoms with van der Waals surface area (Å²) < 4.78 is 36.8. The first-order chi connectivity index (χ1) is 8.01. The van der Waals surface area contributed by atoms with Crippen LogP contribution in [0.5, 0.6) is 0 Å². The zero-order valence-corrected chi connectivity index (χ0v) is 10.7. The highest BCUT2D eigenvalue weighted by Crippen LogP contribution is 2.26. The maximum atomic E-state index is 12.3. The van der Waals surface area contributed by atoms with Gasteiger partial charge in [0.15, 0.2) is 0 Å². The van der Waals surface area contributed by atoms with E-state index in [0.717, 1.165) is 5.56 Å². The van der Waals surface area contributed by atoms with E-state index in [0.29, 0.717) is 11.8 Å². The van der Waals surface area contributed by atoms with Crippen LogP contribution in [0, 0.1) is 17.8 Å². The molecule has 1 unspecified atom stereocenters. The lowest BCUT2D eigenvalue weighted by atomic mass is 10.0. The van der Waals surface area contributed by atoms with E-state index in [-0.39, 0.29) is 0 Å². The quantitative estimate of drug-likeness (QED) is 0.574. The number of halogens is 4. The van der Waals surface area contributed by atoms with Crippen molar-refractivity contribution in [1.82, 2.24) is 0 Å². The van der Waals surface area contributed by atoms with Gasteiger partial charge in [0.2, 0.25) is 0 Å². The molecule has 1 atom stereocenters. The second kappa shape index (κ2) is 6.70. The van der Waals surface area contributed by atoms with E-state index in [1.54, 1.807) is 12.1 Å². The third-order valence-corrected chi connectivity index (χ3v) is 2.59. The Kier molecular flexibility index (Phi) is 5.57. The van der Waals surface area contributed by atoms with Crippen LogP contribution >= 0.6 is 15.9 Å². The van der Waals surface area contributed by atoms with E-state index in [1.165, 1.54) is 0 Å². The maximum Gasteiger partial charge on any atom is 0.390 e. The van der Waals surface area contributed by atoms with Crippen molar-refractivity contribution in [2.75, 3.05) is 5.33 Å². The van der Waals surface area contributed by atoms with Crippen LogP contribution in [-0.2, 0) is 0 Å². The molecular formula is C13H12BrF3. The Labute approximate surface area is 107 Å². The number of rotatable bonds is 3. The van der Waals surface area contributed by atoms with Gasteiger partial charge in [-0.05, 0) is 18.6 Å². The Bertz CT molecular complexity index is 387. The standard InChI is InChI=1S/C13H12BrF3/c14-9-8-12(10-13(15,16)17)7-6-11-4-2-1-3-5-11/h1-5,12H,8-10H2. The average molecular weight is 305 g/mol. The molecule has 0 aromatic heterocycles. The minimum atomic E-state index is -4.15. The summed E-state index contributed by atoms with van der Waals surface area (Å²) in [6.45, 7) is 0. The highest BCUT2D eigenvalue weighted by Gasteiger charge is 2.30. The summed E-state index contributed by atoms with van der Waals surface area (Å²) in [5.41, 5.74) is 0.745. The van der Waals surface area contributed by atoms with Crippen LogP contribution in [0.2, 0.25) is 0 Å². The molecule has 1 aromatic rings. The Morgan fingerprint density at radius 2 is 1.82 bits per heavy atom. The molecule has 1 rings (SSSR count). The lowest BCUT2D eigenvalue weighted by Gasteiger charge is -2.11. The van der Waals surface area contributed by atoms with Gasteiger partial charge < -0.3 is 0 Å². The average Bonchev–Trinajstić information content (AvgIpc) is 2.26. The Hall–Kier alpha value is -0.950. The van der Waals surface area contributed by atoms with Crippen LogP contribution in [0.25, 0.3) is 0 Å². The largest absolute Gasteiger partial charge is 0.390 e. The highest BCUT2D eigenvalue weighted by molar-refractivity contribution is 9.09. The molecule has 0 heterocycles. The smallest absolute Gasteiger partial charge is 0.171 e. The van der Waals surface area contributed by atoms with Gasteiger partial charge in [-0.15, -0.1) is 0 Å². The Morgan fingerprint density at radius 3 is 2.35 bits per heavy atom. The first kappa shape index (κ1) is 14.1. The zero-order valence-electron chi connectivity index (χ0n) is 9.10. The van der Waals surface area contributed by atoms with Crippen LogP contribution in [0.15, 0.2) is 30.3 Å². The molecule has 0 fully saturated rings. The molecule has 0 saturated heterocycles.